The van der Waals surface area contributed by atoms with Crippen molar-refractivity contribution < 1.29 is 37.0 Å². The number of benzene rings is 2. The maximum atomic E-state index is 13.6. The fourth-order valence-corrected chi connectivity index (χ4v) is 9.38. The van der Waals surface area contributed by atoms with Gasteiger partial charge in [-0.15, -0.1) is 0 Å². The molecule has 2 bridgehead atoms. The Hall–Kier alpha value is -6.03. The molecule has 4 unspecified atom stereocenters. The fraction of sp³-hybridized carbons (Fsp3) is 0.409. The van der Waals surface area contributed by atoms with Gasteiger partial charge < -0.3 is 35.0 Å². The number of pyridine rings is 1. The summed E-state index contributed by atoms with van der Waals surface area (Å²) in [6, 6.07) is 17.8. The number of aromatic nitrogens is 5. The van der Waals surface area contributed by atoms with Crippen LogP contribution in [0.4, 0.5) is 18.0 Å². The maximum absolute atomic E-state index is 13.6. The molecular weight excluding hydrogens is 778 g/mol. The van der Waals surface area contributed by atoms with Crippen LogP contribution in [0.1, 0.15) is 73.9 Å². The Balaban J connectivity index is 0.917. The van der Waals surface area contributed by atoms with Gasteiger partial charge in [-0.25, -0.2) is 14.8 Å². The van der Waals surface area contributed by atoms with Crippen molar-refractivity contribution >= 4 is 17.9 Å². The van der Waals surface area contributed by atoms with Gasteiger partial charge >= 0.3 is 12.3 Å². The number of alkyl carbamates (subject to hydrolysis) is 1. The largest absolute Gasteiger partial charge is 0.453 e. The van der Waals surface area contributed by atoms with Crippen LogP contribution in [0, 0.1) is 17.8 Å². The van der Waals surface area contributed by atoms with E-state index in [1.165, 1.54) is 26.4 Å². The van der Waals surface area contributed by atoms with Crippen molar-refractivity contribution in [3.63, 3.8) is 0 Å². The molecule has 0 spiro atoms. The molecule has 1 aliphatic heterocycles. The molecule has 60 heavy (non-hydrogen) atoms. The number of amides is 3. The zero-order chi connectivity index (χ0) is 42.1. The molecular formula is C44H47F3N8O5. The quantitative estimate of drug-likeness (QED) is 0.101. The van der Waals surface area contributed by atoms with E-state index in [-0.39, 0.29) is 53.6 Å². The van der Waals surface area contributed by atoms with Crippen molar-refractivity contribution in [3.05, 3.63) is 102 Å². The highest BCUT2D eigenvalue weighted by Gasteiger charge is 2.52. The molecule has 16 heteroatoms. The van der Waals surface area contributed by atoms with Gasteiger partial charge in [0.05, 0.1) is 49.0 Å². The number of methoxy groups -OCH3 is 2. The number of halogens is 3. The Morgan fingerprint density at radius 2 is 1.47 bits per heavy atom. The number of carbonyl (C=O) groups is 3. The molecule has 2 saturated carbocycles. The average Bonchev–Trinajstić information content (AvgIpc) is 4.13. The van der Waals surface area contributed by atoms with Crippen LogP contribution in [-0.4, -0.2) is 80.6 Å². The van der Waals surface area contributed by atoms with E-state index in [9.17, 15) is 27.6 Å². The molecule has 8 rings (SSSR count). The molecule has 7 atom stereocenters. The first kappa shape index (κ1) is 40.7. The lowest BCUT2D eigenvalue weighted by molar-refractivity contribution is -0.142. The van der Waals surface area contributed by atoms with Gasteiger partial charge in [0.1, 0.15) is 23.4 Å². The van der Waals surface area contributed by atoms with Crippen LogP contribution in [0.25, 0.3) is 33.6 Å². The summed E-state index contributed by atoms with van der Waals surface area (Å²) in [6.45, 7) is 2.00. The number of hydrogen-bond donors (Lipinski definition) is 4. The van der Waals surface area contributed by atoms with Gasteiger partial charge in [0.2, 0.25) is 11.8 Å². The number of rotatable bonds is 12. The number of H-pyrrole nitrogens is 2. The normalized spacial score (nSPS) is 22.1. The Kier molecular flexibility index (Phi) is 11.5. The molecule has 2 aromatic carbocycles. The molecule has 4 N–H and O–H groups in total. The first-order chi connectivity index (χ1) is 28.9. The maximum Gasteiger partial charge on any atom is 0.433 e. The summed E-state index contributed by atoms with van der Waals surface area (Å²) < 4.78 is 50.7. The van der Waals surface area contributed by atoms with Crippen LogP contribution in [0.5, 0.6) is 0 Å². The predicted octanol–water partition coefficient (Wildman–Crippen LogP) is 7.42. The molecule has 0 radical (unpaired) electrons. The first-order valence-corrected chi connectivity index (χ1v) is 20.2. The summed E-state index contributed by atoms with van der Waals surface area (Å²) >= 11 is 0. The standard InChI is InChI=1S/C44H47F3N8O5/c1-24(59-2)37(54-43(58)60-3)42(57)55-19-5-7-34(55)39-49-22-32(52-39)27-12-8-25(9-13-27)26-10-14-28(15-11-26)33-23-50-40(53-33)35-29-16-17-30(20-29)36(35)41(56)51-21-31-6-4-18-48-38(31)44(45,46)47/h4,6,8-15,18,22-24,29-30,34-37H,5,7,16-17,19-21H2,1-3H3,(H,49,52)(H,50,53)(H,51,56)(H,54,58)/t24-,29?,30?,34+,35?,36?,37+/m1/s1. The number of aromatic amines is 2. The van der Waals surface area contributed by atoms with E-state index in [1.54, 1.807) is 24.2 Å². The van der Waals surface area contributed by atoms with Crippen molar-refractivity contribution in [2.75, 3.05) is 20.8 Å². The SMILES string of the molecule is COC(=O)N[C@H](C(=O)N1CCC[C@H]1c1ncc(-c2ccc(-c3ccc(-c4cnc(C5C6CCC(C6)C5C(=O)NCc5cccnc5C(F)(F)F)[nH]4)cc3)cc2)[nH]1)[C@@H](C)OC. The Morgan fingerprint density at radius 3 is 2.10 bits per heavy atom. The number of hydrogen-bond acceptors (Lipinski definition) is 8. The van der Waals surface area contributed by atoms with Crippen molar-refractivity contribution in [3.8, 4) is 33.6 Å². The molecule has 4 heterocycles. The lowest BCUT2D eigenvalue weighted by atomic mass is 9.78. The molecule has 1 saturated heterocycles. The number of likely N-dealkylation sites (tertiary alicyclic amines) is 1. The van der Waals surface area contributed by atoms with Crippen molar-refractivity contribution in [2.45, 2.75) is 75.9 Å². The highest BCUT2D eigenvalue weighted by atomic mass is 19.4. The number of imidazole rings is 2. The van der Waals surface area contributed by atoms with Gasteiger partial charge in [-0.05, 0) is 79.2 Å². The molecule has 314 valence electrons. The smallest absolute Gasteiger partial charge is 0.433 e. The monoisotopic (exact) mass is 824 g/mol. The van der Waals surface area contributed by atoms with Crippen LogP contribution < -0.4 is 10.6 Å². The number of nitrogens with zero attached hydrogens (tertiary/aromatic N) is 4. The van der Waals surface area contributed by atoms with Crippen LogP contribution in [0.3, 0.4) is 0 Å². The van der Waals surface area contributed by atoms with E-state index in [2.05, 4.69) is 30.6 Å². The third kappa shape index (κ3) is 8.12. The summed E-state index contributed by atoms with van der Waals surface area (Å²) in [5.41, 5.74) is 4.49. The minimum absolute atomic E-state index is 0.0627. The molecule has 3 fully saturated rings. The number of carbonyl (C=O) groups excluding carboxylic acids is 3. The number of ether oxygens (including phenoxy) is 2. The average molecular weight is 825 g/mol. The molecule has 2 aliphatic carbocycles. The Bertz CT molecular complexity index is 2330. The zero-order valence-electron chi connectivity index (χ0n) is 33.5. The Morgan fingerprint density at radius 1 is 0.850 bits per heavy atom. The fourth-order valence-electron chi connectivity index (χ4n) is 9.38. The van der Waals surface area contributed by atoms with Gasteiger partial charge in [-0.2, -0.15) is 13.2 Å². The van der Waals surface area contributed by atoms with Gasteiger partial charge in [0, 0.05) is 37.9 Å². The van der Waals surface area contributed by atoms with E-state index in [4.69, 9.17) is 14.5 Å². The summed E-state index contributed by atoms with van der Waals surface area (Å²) in [6.07, 6.45) is 3.07. The molecule has 5 aromatic rings. The summed E-state index contributed by atoms with van der Waals surface area (Å²) in [7, 11) is 2.74. The van der Waals surface area contributed by atoms with Crippen LogP contribution in [-0.2, 0) is 31.8 Å². The summed E-state index contributed by atoms with van der Waals surface area (Å²) in [5, 5.41) is 5.40. The van der Waals surface area contributed by atoms with E-state index in [0.29, 0.717) is 12.4 Å². The van der Waals surface area contributed by atoms with Crippen molar-refractivity contribution in [2.24, 2.45) is 17.8 Å². The third-order valence-corrected chi connectivity index (χ3v) is 12.5. The van der Waals surface area contributed by atoms with Crippen LogP contribution in [0.15, 0.2) is 79.3 Å². The highest BCUT2D eigenvalue weighted by Crippen LogP contribution is 2.56. The summed E-state index contributed by atoms with van der Waals surface area (Å²) in [4.78, 5) is 60.7. The lowest BCUT2D eigenvalue weighted by Crippen LogP contribution is -2.54. The minimum Gasteiger partial charge on any atom is -0.453 e. The van der Waals surface area contributed by atoms with E-state index in [0.717, 1.165) is 77.8 Å². The second-order valence-electron chi connectivity index (χ2n) is 15.9. The molecule has 13 nitrogen and oxygen atoms in total. The minimum atomic E-state index is -4.61. The topological polar surface area (TPSA) is 167 Å². The van der Waals surface area contributed by atoms with E-state index < -0.39 is 30.1 Å². The zero-order valence-corrected chi connectivity index (χ0v) is 33.5. The lowest BCUT2D eigenvalue weighted by Gasteiger charge is -2.30. The molecule has 3 aromatic heterocycles. The van der Waals surface area contributed by atoms with Crippen LogP contribution in [0.2, 0.25) is 0 Å². The Labute approximate surface area is 344 Å². The number of alkyl halides is 3. The second-order valence-corrected chi connectivity index (χ2v) is 15.9. The molecule has 3 amide bonds. The number of nitrogens with one attached hydrogen (secondary N) is 4. The highest BCUT2D eigenvalue weighted by molar-refractivity contribution is 5.87. The third-order valence-electron chi connectivity index (χ3n) is 12.5. The van der Waals surface area contributed by atoms with Crippen molar-refractivity contribution in [1.29, 1.82) is 0 Å². The van der Waals surface area contributed by atoms with Gasteiger partial charge in [0.15, 0.2) is 0 Å². The van der Waals surface area contributed by atoms with E-state index >= 15 is 0 Å². The molecule has 3 aliphatic rings. The predicted molar refractivity (Wildman–Crippen MR) is 215 cm³/mol. The van der Waals surface area contributed by atoms with Gasteiger partial charge in [-0.3, -0.25) is 14.6 Å². The van der Waals surface area contributed by atoms with Gasteiger partial charge in [0.25, 0.3) is 0 Å². The second kappa shape index (κ2) is 16.9. The van der Waals surface area contributed by atoms with Crippen molar-refractivity contribution in [1.82, 2.24) is 40.5 Å². The number of fused-ring (bicyclic) bond motifs is 2. The van der Waals surface area contributed by atoms with E-state index in [1.807, 2.05) is 48.5 Å². The van der Waals surface area contributed by atoms with Crippen LogP contribution >= 0.6 is 0 Å². The first-order valence-electron chi connectivity index (χ1n) is 20.2. The summed E-state index contributed by atoms with van der Waals surface area (Å²) in [5.74, 6) is 0.773. The van der Waals surface area contributed by atoms with Gasteiger partial charge in [-0.1, -0.05) is 54.6 Å².